The van der Waals surface area contributed by atoms with E-state index in [4.69, 9.17) is 0 Å². The smallest absolute Gasteiger partial charge is 0.202 e. The van der Waals surface area contributed by atoms with Crippen LogP contribution in [0.1, 0.15) is 25.3 Å². The standard InChI is InChI=1S/C12H14O3/c1-2-5-11(14)12(15)8-9-6-3-4-7-10(9)13/h3-4,6-7,13H,2,5,8H2,1H3. The third-order valence-electron chi connectivity index (χ3n) is 2.13. The van der Waals surface area contributed by atoms with Gasteiger partial charge in [0, 0.05) is 18.4 Å². The number of rotatable bonds is 5. The summed E-state index contributed by atoms with van der Waals surface area (Å²) in [4.78, 5) is 22.6. The van der Waals surface area contributed by atoms with Gasteiger partial charge in [-0.2, -0.15) is 0 Å². The molecule has 0 fully saturated rings. The van der Waals surface area contributed by atoms with E-state index in [9.17, 15) is 14.7 Å². The van der Waals surface area contributed by atoms with E-state index in [2.05, 4.69) is 0 Å². The maximum atomic E-state index is 11.4. The molecule has 0 amide bonds. The lowest BCUT2D eigenvalue weighted by Gasteiger charge is -2.02. The van der Waals surface area contributed by atoms with Crippen molar-refractivity contribution in [2.75, 3.05) is 0 Å². The molecule has 3 heteroatoms. The Morgan fingerprint density at radius 1 is 1.20 bits per heavy atom. The summed E-state index contributed by atoms with van der Waals surface area (Å²) in [5.41, 5.74) is 0.506. The lowest BCUT2D eigenvalue weighted by atomic mass is 10.0. The van der Waals surface area contributed by atoms with E-state index >= 15 is 0 Å². The fourth-order valence-corrected chi connectivity index (χ4v) is 1.30. The minimum Gasteiger partial charge on any atom is -0.508 e. The highest BCUT2D eigenvalue weighted by Crippen LogP contribution is 2.16. The van der Waals surface area contributed by atoms with Crippen LogP contribution in [-0.4, -0.2) is 16.7 Å². The van der Waals surface area contributed by atoms with Crippen molar-refractivity contribution >= 4 is 11.6 Å². The van der Waals surface area contributed by atoms with Crippen molar-refractivity contribution in [2.24, 2.45) is 0 Å². The van der Waals surface area contributed by atoms with Crippen LogP contribution in [0, 0.1) is 0 Å². The number of hydrogen-bond acceptors (Lipinski definition) is 3. The number of benzene rings is 1. The second-order valence-corrected chi connectivity index (χ2v) is 3.40. The van der Waals surface area contributed by atoms with Gasteiger partial charge >= 0.3 is 0 Å². The molecule has 0 aliphatic carbocycles. The zero-order valence-electron chi connectivity index (χ0n) is 8.69. The van der Waals surface area contributed by atoms with Crippen molar-refractivity contribution in [3.05, 3.63) is 29.8 Å². The Labute approximate surface area is 88.7 Å². The Morgan fingerprint density at radius 3 is 2.47 bits per heavy atom. The average Bonchev–Trinajstić information content (AvgIpc) is 2.21. The first kappa shape index (κ1) is 11.4. The first-order valence-electron chi connectivity index (χ1n) is 4.98. The molecule has 0 aliphatic heterocycles. The van der Waals surface area contributed by atoms with Crippen LogP contribution < -0.4 is 0 Å². The molecule has 0 unspecified atom stereocenters. The zero-order chi connectivity index (χ0) is 11.3. The van der Waals surface area contributed by atoms with E-state index in [1.165, 1.54) is 6.07 Å². The largest absolute Gasteiger partial charge is 0.508 e. The van der Waals surface area contributed by atoms with Gasteiger partial charge < -0.3 is 5.11 Å². The third kappa shape index (κ3) is 3.20. The third-order valence-corrected chi connectivity index (χ3v) is 2.13. The molecule has 0 heterocycles. The van der Waals surface area contributed by atoms with Gasteiger partial charge in [0.25, 0.3) is 0 Å². The summed E-state index contributed by atoms with van der Waals surface area (Å²) in [5, 5.41) is 9.41. The molecular weight excluding hydrogens is 192 g/mol. The summed E-state index contributed by atoms with van der Waals surface area (Å²) < 4.78 is 0. The van der Waals surface area contributed by atoms with Crippen molar-refractivity contribution in [1.29, 1.82) is 0 Å². The highest BCUT2D eigenvalue weighted by Gasteiger charge is 2.14. The molecule has 0 radical (unpaired) electrons. The Morgan fingerprint density at radius 2 is 1.87 bits per heavy atom. The minimum atomic E-state index is -0.432. The molecule has 1 N–H and O–H groups in total. The normalized spacial score (nSPS) is 9.93. The predicted octanol–water partition coefficient (Wildman–Crippen LogP) is 1.87. The quantitative estimate of drug-likeness (QED) is 0.748. The summed E-state index contributed by atoms with van der Waals surface area (Å²) in [6, 6.07) is 6.56. The molecule has 80 valence electrons. The predicted molar refractivity (Wildman–Crippen MR) is 56.7 cm³/mol. The monoisotopic (exact) mass is 206 g/mol. The second-order valence-electron chi connectivity index (χ2n) is 3.40. The fourth-order valence-electron chi connectivity index (χ4n) is 1.30. The van der Waals surface area contributed by atoms with Crippen LogP contribution in [-0.2, 0) is 16.0 Å². The Hall–Kier alpha value is -1.64. The Kier molecular flexibility index (Phi) is 4.03. The van der Waals surface area contributed by atoms with E-state index in [-0.39, 0.29) is 24.4 Å². The SMILES string of the molecule is CCCC(=O)C(=O)Cc1ccccc1O. The number of carbonyl (C=O) groups excluding carboxylic acids is 2. The van der Waals surface area contributed by atoms with Gasteiger partial charge in [-0.1, -0.05) is 25.1 Å². The first-order chi connectivity index (χ1) is 7.15. The summed E-state index contributed by atoms with van der Waals surface area (Å²) in [7, 11) is 0. The lowest BCUT2D eigenvalue weighted by Crippen LogP contribution is -2.15. The molecule has 0 saturated carbocycles. The van der Waals surface area contributed by atoms with Crippen LogP contribution >= 0.6 is 0 Å². The maximum absolute atomic E-state index is 11.4. The van der Waals surface area contributed by atoms with Crippen LogP contribution in [0.4, 0.5) is 0 Å². The van der Waals surface area contributed by atoms with Gasteiger partial charge in [-0.05, 0) is 12.5 Å². The van der Waals surface area contributed by atoms with Crippen LogP contribution in [0.5, 0.6) is 5.75 Å². The zero-order valence-corrected chi connectivity index (χ0v) is 8.69. The van der Waals surface area contributed by atoms with Gasteiger partial charge in [-0.15, -0.1) is 0 Å². The fraction of sp³-hybridized carbons (Fsp3) is 0.333. The van der Waals surface area contributed by atoms with E-state index in [1.54, 1.807) is 18.2 Å². The highest BCUT2D eigenvalue weighted by molar-refractivity contribution is 6.37. The molecule has 1 aromatic rings. The number of para-hydroxylation sites is 1. The first-order valence-corrected chi connectivity index (χ1v) is 4.98. The average molecular weight is 206 g/mol. The molecule has 0 saturated heterocycles. The summed E-state index contributed by atoms with van der Waals surface area (Å²) >= 11 is 0. The number of aromatic hydroxyl groups is 1. The molecule has 0 atom stereocenters. The summed E-state index contributed by atoms with van der Waals surface area (Å²) in [6.45, 7) is 1.85. The highest BCUT2D eigenvalue weighted by atomic mass is 16.3. The molecule has 3 nitrogen and oxygen atoms in total. The molecule has 0 bridgehead atoms. The van der Waals surface area contributed by atoms with Crippen LogP contribution in [0.2, 0.25) is 0 Å². The number of Topliss-reactive ketones (excluding diaryl/α,β-unsaturated/α-hetero) is 2. The maximum Gasteiger partial charge on any atom is 0.202 e. The molecule has 0 aromatic heterocycles. The summed E-state index contributed by atoms with van der Waals surface area (Å²) in [6.07, 6.45) is 0.948. The Balaban J connectivity index is 2.67. The molecule has 1 aromatic carbocycles. The van der Waals surface area contributed by atoms with Gasteiger partial charge in [-0.3, -0.25) is 9.59 Å². The minimum absolute atomic E-state index is 0.00843. The number of ketones is 2. The van der Waals surface area contributed by atoms with E-state index in [1.807, 2.05) is 6.92 Å². The molecule has 15 heavy (non-hydrogen) atoms. The van der Waals surface area contributed by atoms with Crippen molar-refractivity contribution in [3.63, 3.8) is 0 Å². The topological polar surface area (TPSA) is 54.4 Å². The van der Waals surface area contributed by atoms with E-state index in [0.29, 0.717) is 12.0 Å². The lowest BCUT2D eigenvalue weighted by molar-refractivity contribution is -0.136. The van der Waals surface area contributed by atoms with Gasteiger partial charge in [0.1, 0.15) is 5.75 Å². The number of phenols is 1. The van der Waals surface area contributed by atoms with Gasteiger partial charge in [-0.25, -0.2) is 0 Å². The van der Waals surface area contributed by atoms with Crippen molar-refractivity contribution in [3.8, 4) is 5.75 Å². The molecule has 1 rings (SSSR count). The van der Waals surface area contributed by atoms with Crippen molar-refractivity contribution in [2.45, 2.75) is 26.2 Å². The van der Waals surface area contributed by atoms with E-state index < -0.39 is 5.78 Å². The molecule has 0 spiro atoms. The van der Waals surface area contributed by atoms with Gasteiger partial charge in [0.05, 0.1) is 0 Å². The number of phenolic OH excluding ortho intramolecular Hbond substituents is 1. The molecule has 0 aliphatic rings. The van der Waals surface area contributed by atoms with Gasteiger partial charge in [0.2, 0.25) is 5.78 Å². The van der Waals surface area contributed by atoms with E-state index in [0.717, 1.165) is 0 Å². The van der Waals surface area contributed by atoms with Crippen LogP contribution in [0.25, 0.3) is 0 Å². The number of hydrogen-bond donors (Lipinski definition) is 1. The Bertz CT molecular complexity index is 369. The molecular formula is C12H14O3. The van der Waals surface area contributed by atoms with Crippen LogP contribution in [0.3, 0.4) is 0 Å². The summed E-state index contributed by atoms with van der Waals surface area (Å²) in [5.74, 6) is -0.728. The second kappa shape index (κ2) is 5.29. The van der Waals surface area contributed by atoms with Crippen LogP contribution in [0.15, 0.2) is 24.3 Å². The van der Waals surface area contributed by atoms with Crippen molar-refractivity contribution < 1.29 is 14.7 Å². The van der Waals surface area contributed by atoms with Crippen molar-refractivity contribution in [1.82, 2.24) is 0 Å². The van der Waals surface area contributed by atoms with Gasteiger partial charge in [0.15, 0.2) is 5.78 Å². The number of carbonyl (C=O) groups is 2.